The minimum Gasteiger partial charge on any atom is -0.445 e. The number of para-hydroxylation sites is 2. The molecular formula is C27H24N4O3S. The van der Waals surface area contributed by atoms with Crippen LogP contribution in [0.25, 0.3) is 21.1 Å². The predicted octanol–water partition coefficient (Wildman–Crippen LogP) is 4.93. The second kappa shape index (κ2) is 10.4. The Morgan fingerprint density at radius 2 is 1.74 bits per heavy atom. The number of rotatable bonds is 8. The molecule has 2 aromatic heterocycles. The lowest BCUT2D eigenvalue weighted by Gasteiger charge is -2.18. The van der Waals surface area contributed by atoms with Gasteiger partial charge in [0.1, 0.15) is 17.7 Å². The molecule has 2 heterocycles. The zero-order chi connectivity index (χ0) is 24.0. The van der Waals surface area contributed by atoms with Gasteiger partial charge in [-0.2, -0.15) is 0 Å². The number of amides is 2. The van der Waals surface area contributed by atoms with Gasteiger partial charge >= 0.3 is 6.09 Å². The largest absolute Gasteiger partial charge is 0.445 e. The molecule has 1 atom stereocenters. The van der Waals surface area contributed by atoms with E-state index in [4.69, 9.17) is 4.74 Å². The number of aromatic amines is 1. The molecule has 0 aliphatic heterocycles. The van der Waals surface area contributed by atoms with Gasteiger partial charge in [-0.3, -0.25) is 4.79 Å². The maximum Gasteiger partial charge on any atom is 0.408 e. The molecule has 0 radical (unpaired) electrons. The van der Waals surface area contributed by atoms with Crippen molar-refractivity contribution in [2.24, 2.45) is 0 Å². The predicted molar refractivity (Wildman–Crippen MR) is 137 cm³/mol. The molecule has 0 bridgehead atoms. The molecule has 0 saturated heterocycles. The van der Waals surface area contributed by atoms with Crippen LogP contribution in [0.15, 0.2) is 85.1 Å². The number of thiazole rings is 1. The van der Waals surface area contributed by atoms with Crippen molar-refractivity contribution in [3.63, 3.8) is 0 Å². The number of alkyl carbamates (subject to hydrolysis) is 1. The van der Waals surface area contributed by atoms with E-state index < -0.39 is 12.1 Å². The van der Waals surface area contributed by atoms with E-state index in [9.17, 15) is 9.59 Å². The SMILES string of the molecule is O=C(NC(Cc1c[nH]c2ccccc12)C(=O)NCc1nc2ccccc2s1)OCc1ccccc1. The van der Waals surface area contributed by atoms with Crippen LogP contribution in [0.1, 0.15) is 16.1 Å². The van der Waals surface area contributed by atoms with E-state index in [1.807, 2.05) is 85.1 Å². The van der Waals surface area contributed by atoms with E-state index in [-0.39, 0.29) is 19.1 Å². The Morgan fingerprint density at radius 3 is 2.60 bits per heavy atom. The molecule has 7 nitrogen and oxygen atoms in total. The molecule has 5 aromatic rings. The summed E-state index contributed by atoms with van der Waals surface area (Å²) in [5, 5.41) is 7.49. The summed E-state index contributed by atoms with van der Waals surface area (Å²) >= 11 is 1.53. The minimum atomic E-state index is -0.813. The topological polar surface area (TPSA) is 96.1 Å². The van der Waals surface area contributed by atoms with Gasteiger partial charge in [-0.05, 0) is 29.3 Å². The monoisotopic (exact) mass is 484 g/mol. The number of nitrogens with zero attached hydrogens (tertiary/aromatic N) is 1. The summed E-state index contributed by atoms with van der Waals surface area (Å²) in [5.74, 6) is -0.300. The van der Waals surface area contributed by atoms with Gasteiger partial charge in [0.05, 0.1) is 16.8 Å². The second-order valence-corrected chi connectivity index (χ2v) is 9.23. The summed E-state index contributed by atoms with van der Waals surface area (Å²) in [6, 6.07) is 24.3. The lowest BCUT2D eigenvalue weighted by molar-refractivity contribution is -0.123. The van der Waals surface area contributed by atoms with Crippen molar-refractivity contribution in [3.05, 3.63) is 101 Å². The third-order valence-corrected chi connectivity index (χ3v) is 6.71. The fraction of sp³-hybridized carbons (Fsp3) is 0.148. The van der Waals surface area contributed by atoms with Crippen LogP contribution in [-0.4, -0.2) is 28.0 Å². The number of aromatic nitrogens is 2. The molecule has 0 saturated carbocycles. The van der Waals surface area contributed by atoms with Crippen LogP contribution in [-0.2, 0) is 29.1 Å². The zero-order valence-electron chi connectivity index (χ0n) is 18.9. The first kappa shape index (κ1) is 22.6. The second-order valence-electron chi connectivity index (χ2n) is 8.12. The summed E-state index contributed by atoms with van der Waals surface area (Å²) in [6.07, 6.45) is 1.54. The van der Waals surface area contributed by atoms with Crippen molar-refractivity contribution in [1.29, 1.82) is 0 Å². The molecule has 0 fully saturated rings. The highest BCUT2D eigenvalue weighted by Crippen LogP contribution is 2.22. The van der Waals surface area contributed by atoms with Crippen molar-refractivity contribution in [3.8, 4) is 0 Å². The van der Waals surface area contributed by atoms with Crippen molar-refractivity contribution >= 4 is 44.5 Å². The highest BCUT2D eigenvalue weighted by Gasteiger charge is 2.23. The van der Waals surface area contributed by atoms with Gasteiger partial charge in [0.15, 0.2) is 0 Å². The number of hydrogen-bond acceptors (Lipinski definition) is 5. The molecular weight excluding hydrogens is 460 g/mol. The summed E-state index contributed by atoms with van der Waals surface area (Å²) < 4.78 is 6.43. The summed E-state index contributed by atoms with van der Waals surface area (Å²) in [6.45, 7) is 0.406. The molecule has 8 heteroatoms. The highest BCUT2D eigenvalue weighted by atomic mass is 32.1. The van der Waals surface area contributed by atoms with Crippen molar-refractivity contribution < 1.29 is 14.3 Å². The fourth-order valence-electron chi connectivity index (χ4n) is 3.92. The summed E-state index contributed by atoms with van der Waals surface area (Å²) in [7, 11) is 0. The van der Waals surface area contributed by atoms with Crippen LogP contribution in [0.5, 0.6) is 0 Å². The number of hydrogen-bond donors (Lipinski definition) is 3. The smallest absolute Gasteiger partial charge is 0.408 e. The van der Waals surface area contributed by atoms with E-state index in [0.717, 1.165) is 37.3 Å². The Balaban J connectivity index is 1.29. The van der Waals surface area contributed by atoms with Crippen molar-refractivity contribution in [1.82, 2.24) is 20.6 Å². The van der Waals surface area contributed by atoms with Crippen LogP contribution in [0, 0.1) is 0 Å². The maximum atomic E-state index is 13.2. The number of nitrogens with one attached hydrogen (secondary N) is 3. The van der Waals surface area contributed by atoms with Gasteiger partial charge in [-0.1, -0.05) is 60.7 Å². The van der Waals surface area contributed by atoms with Gasteiger partial charge in [-0.15, -0.1) is 11.3 Å². The van der Waals surface area contributed by atoms with Gasteiger partial charge in [-0.25, -0.2) is 9.78 Å². The highest BCUT2D eigenvalue weighted by molar-refractivity contribution is 7.18. The third kappa shape index (κ3) is 5.50. The molecule has 35 heavy (non-hydrogen) atoms. The van der Waals surface area contributed by atoms with E-state index in [2.05, 4.69) is 20.6 Å². The average molecular weight is 485 g/mol. The number of carbonyl (C=O) groups excluding carboxylic acids is 2. The first-order valence-corrected chi connectivity index (χ1v) is 12.1. The Morgan fingerprint density at radius 1 is 0.971 bits per heavy atom. The van der Waals surface area contributed by atoms with Gasteiger partial charge in [0.2, 0.25) is 5.91 Å². The summed E-state index contributed by atoms with van der Waals surface area (Å²) in [4.78, 5) is 33.6. The standard InChI is InChI=1S/C27H24N4O3S/c32-26(29-16-25-30-22-12-6-7-13-24(22)35-25)23(14-19-15-28-21-11-5-4-10-20(19)21)31-27(33)34-17-18-8-2-1-3-9-18/h1-13,15,23,28H,14,16-17H2,(H,29,32)(H,31,33). The van der Waals surface area contributed by atoms with Crippen molar-refractivity contribution in [2.45, 2.75) is 25.6 Å². The van der Waals surface area contributed by atoms with E-state index in [1.54, 1.807) is 0 Å². The van der Waals surface area contributed by atoms with Crippen LogP contribution < -0.4 is 10.6 Å². The van der Waals surface area contributed by atoms with Gasteiger partial charge < -0.3 is 20.4 Å². The molecule has 3 aromatic carbocycles. The van der Waals surface area contributed by atoms with E-state index >= 15 is 0 Å². The number of H-pyrrole nitrogens is 1. The third-order valence-electron chi connectivity index (χ3n) is 5.67. The molecule has 0 aliphatic rings. The number of carbonyl (C=O) groups is 2. The van der Waals surface area contributed by atoms with Crippen molar-refractivity contribution in [2.75, 3.05) is 0 Å². The van der Waals surface area contributed by atoms with Gasteiger partial charge in [0, 0.05) is 23.5 Å². The first-order chi connectivity index (χ1) is 17.2. The lowest BCUT2D eigenvalue weighted by Crippen LogP contribution is -2.48. The fourth-order valence-corrected chi connectivity index (χ4v) is 4.83. The molecule has 2 amide bonds. The van der Waals surface area contributed by atoms with Crippen LogP contribution in [0.3, 0.4) is 0 Å². The van der Waals surface area contributed by atoms with E-state index in [1.165, 1.54) is 11.3 Å². The molecule has 1 unspecified atom stereocenters. The number of ether oxygens (including phenoxy) is 1. The Kier molecular flexibility index (Phi) is 6.72. The maximum absolute atomic E-state index is 13.2. The molecule has 0 aliphatic carbocycles. The Hall–Kier alpha value is -4.17. The molecule has 5 rings (SSSR count). The average Bonchev–Trinajstić information content (AvgIpc) is 3.50. The lowest BCUT2D eigenvalue weighted by atomic mass is 10.0. The molecule has 0 spiro atoms. The summed E-state index contributed by atoms with van der Waals surface area (Å²) in [5.41, 5.74) is 3.68. The van der Waals surface area contributed by atoms with E-state index in [0.29, 0.717) is 6.42 Å². The zero-order valence-corrected chi connectivity index (χ0v) is 19.7. The first-order valence-electron chi connectivity index (χ1n) is 11.3. The normalized spacial score (nSPS) is 11.9. The van der Waals surface area contributed by atoms with Crippen LogP contribution in [0.2, 0.25) is 0 Å². The Labute approximate surface area is 206 Å². The molecule has 3 N–H and O–H groups in total. The minimum absolute atomic E-state index is 0.125. The quantitative estimate of drug-likeness (QED) is 0.291. The van der Waals surface area contributed by atoms with Crippen LogP contribution in [0.4, 0.5) is 4.79 Å². The van der Waals surface area contributed by atoms with Crippen LogP contribution >= 0.6 is 11.3 Å². The number of fused-ring (bicyclic) bond motifs is 2. The number of benzene rings is 3. The van der Waals surface area contributed by atoms with Gasteiger partial charge in [0.25, 0.3) is 0 Å². The molecule has 176 valence electrons. The Bertz CT molecular complexity index is 1430.